The van der Waals surface area contributed by atoms with Crippen LogP contribution in [-0.2, 0) is 0 Å². The van der Waals surface area contributed by atoms with Gasteiger partial charge in [0.15, 0.2) is 0 Å². The molecule has 1 saturated heterocycles. The van der Waals surface area contributed by atoms with Crippen LogP contribution in [0, 0.1) is 12.7 Å². The number of hydrogen-bond donors (Lipinski definition) is 2. The first-order chi connectivity index (χ1) is 19.6. The molecule has 1 fully saturated rings. The molecule has 0 spiro atoms. The van der Waals surface area contributed by atoms with Crippen LogP contribution < -0.4 is 4.74 Å². The van der Waals surface area contributed by atoms with Gasteiger partial charge in [-0.1, -0.05) is 12.1 Å². The highest BCUT2D eigenvalue weighted by molar-refractivity contribution is 6.00. The zero-order valence-electron chi connectivity index (χ0n) is 22.2. The number of ether oxygens (including phenoxy) is 1. The Morgan fingerprint density at radius 1 is 0.975 bits per heavy atom. The van der Waals surface area contributed by atoms with E-state index in [2.05, 4.69) is 38.1 Å². The predicted octanol–water partition coefficient (Wildman–Crippen LogP) is 6.76. The van der Waals surface area contributed by atoms with Crippen LogP contribution in [0.3, 0.4) is 0 Å². The van der Waals surface area contributed by atoms with E-state index >= 15 is 0 Å². The smallest absolute Gasteiger partial charge is 0.135 e. The lowest BCUT2D eigenvalue weighted by Crippen LogP contribution is -2.25. The quantitative estimate of drug-likeness (QED) is 0.237. The zero-order chi connectivity index (χ0) is 27.1. The molecule has 1 aliphatic heterocycles. The molecular formula is C32H29FN6O. The maximum atomic E-state index is 14.7. The molecule has 0 amide bonds. The van der Waals surface area contributed by atoms with Gasteiger partial charge in [0.2, 0.25) is 0 Å². The van der Waals surface area contributed by atoms with Crippen LogP contribution in [0.4, 0.5) is 4.39 Å². The number of aryl methyl sites for hydroxylation is 1. The number of aromatic amines is 2. The van der Waals surface area contributed by atoms with E-state index in [9.17, 15) is 4.39 Å². The number of likely N-dealkylation sites (tertiary alicyclic amines) is 1. The number of rotatable bonds is 7. The molecule has 0 bridgehead atoms. The fourth-order valence-electron chi connectivity index (χ4n) is 5.60. The minimum absolute atomic E-state index is 0.317. The second-order valence-corrected chi connectivity index (χ2v) is 10.4. The third-order valence-electron chi connectivity index (χ3n) is 7.70. The number of benzene rings is 2. The summed E-state index contributed by atoms with van der Waals surface area (Å²) in [5.41, 5.74) is 8.74. The van der Waals surface area contributed by atoms with Gasteiger partial charge in [-0.25, -0.2) is 9.37 Å². The lowest BCUT2D eigenvalue weighted by molar-refractivity contribution is 0.237. The highest BCUT2D eigenvalue weighted by atomic mass is 19.1. The van der Waals surface area contributed by atoms with Crippen LogP contribution in [0.25, 0.3) is 55.7 Å². The molecule has 7 rings (SSSR count). The van der Waals surface area contributed by atoms with Crippen LogP contribution in [0.5, 0.6) is 5.75 Å². The Morgan fingerprint density at radius 3 is 2.75 bits per heavy atom. The normalized spacial score (nSPS) is 13.9. The number of halogens is 1. The molecule has 6 aromatic rings. The van der Waals surface area contributed by atoms with Crippen LogP contribution in [0.15, 0.2) is 73.1 Å². The molecule has 0 radical (unpaired) electrons. The molecule has 40 heavy (non-hydrogen) atoms. The average molecular weight is 533 g/mol. The average Bonchev–Trinajstić information content (AvgIpc) is 3.72. The van der Waals surface area contributed by atoms with Gasteiger partial charge in [-0.2, -0.15) is 5.10 Å². The highest BCUT2D eigenvalue weighted by Gasteiger charge is 2.17. The van der Waals surface area contributed by atoms with Crippen molar-refractivity contribution in [3.63, 3.8) is 0 Å². The fourth-order valence-corrected chi connectivity index (χ4v) is 5.60. The van der Waals surface area contributed by atoms with E-state index in [0.717, 1.165) is 80.9 Å². The van der Waals surface area contributed by atoms with Crippen molar-refractivity contribution in [2.75, 3.05) is 26.2 Å². The molecule has 0 atom stereocenters. The zero-order valence-corrected chi connectivity index (χ0v) is 22.2. The van der Waals surface area contributed by atoms with Crippen LogP contribution >= 0.6 is 0 Å². The van der Waals surface area contributed by atoms with Crippen molar-refractivity contribution in [1.29, 1.82) is 0 Å². The Balaban J connectivity index is 1.24. The minimum Gasteiger partial charge on any atom is -0.492 e. The Labute approximate surface area is 231 Å². The maximum Gasteiger partial charge on any atom is 0.135 e. The summed E-state index contributed by atoms with van der Waals surface area (Å²) in [6.07, 6.45) is 6.09. The van der Waals surface area contributed by atoms with E-state index in [4.69, 9.17) is 9.72 Å². The topological polar surface area (TPSA) is 82.7 Å². The number of nitrogens with zero attached hydrogens (tertiary/aromatic N) is 4. The summed E-state index contributed by atoms with van der Waals surface area (Å²) in [7, 11) is 0. The summed E-state index contributed by atoms with van der Waals surface area (Å²) in [5.74, 6) is 0.227. The summed E-state index contributed by atoms with van der Waals surface area (Å²) in [5, 5.41) is 8.68. The molecule has 2 N–H and O–H groups in total. The first kappa shape index (κ1) is 24.5. The first-order valence-electron chi connectivity index (χ1n) is 13.7. The third-order valence-corrected chi connectivity index (χ3v) is 7.70. The second-order valence-electron chi connectivity index (χ2n) is 10.4. The predicted molar refractivity (Wildman–Crippen MR) is 156 cm³/mol. The van der Waals surface area contributed by atoms with E-state index in [1.807, 2.05) is 48.7 Å². The molecular weight excluding hydrogens is 503 g/mol. The summed E-state index contributed by atoms with van der Waals surface area (Å²) in [6.45, 7) is 5.67. The van der Waals surface area contributed by atoms with Crippen molar-refractivity contribution in [2.24, 2.45) is 0 Å². The molecule has 5 heterocycles. The van der Waals surface area contributed by atoms with Gasteiger partial charge in [-0.05, 0) is 92.0 Å². The van der Waals surface area contributed by atoms with Crippen molar-refractivity contribution >= 4 is 21.9 Å². The summed E-state index contributed by atoms with van der Waals surface area (Å²) in [6, 6.07) is 18.9. The van der Waals surface area contributed by atoms with Gasteiger partial charge in [0.1, 0.15) is 29.4 Å². The van der Waals surface area contributed by atoms with E-state index in [1.165, 1.54) is 18.9 Å². The molecule has 0 aliphatic carbocycles. The minimum atomic E-state index is -0.317. The van der Waals surface area contributed by atoms with Gasteiger partial charge in [-0.3, -0.25) is 15.0 Å². The number of aromatic nitrogens is 5. The van der Waals surface area contributed by atoms with E-state index in [0.29, 0.717) is 12.4 Å². The van der Waals surface area contributed by atoms with Gasteiger partial charge >= 0.3 is 0 Å². The Morgan fingerprint density at radius 2 is 1.88 bits per heavy atom. The summed E-state index contributed by atoms with van der Waals surface area (Å²) >= 11 is 0. The van der Waals surface area contributed by atoms with Crippen molar-refractivity contribution < 1.29 is 9.13 Å². The molecule has 8 heteroatoms. The van der Waals surface area contributed by atoms with Crippen LogP contribution in [-0.4, -0.2) is 56.3 Å². The van der Waals surface area contributed by atoms with Crippen molar-refractivity contribution in [3.05, 3.63) is 84.4 Å². The third kappa shape index (κ3) is 4.60. The molecule has 4 aromatic heterocycles. The Hall–Kier alpha value is -4.56. The van der Waals surface area contributed by atoms with Gasteiger partial charge in [-0.15, -0.1) is 0 Å². The molecule has 200 valence electrons. The van der Waals surface area contributed by atoms with Crippen LogP contribution in [0.1, 0.15) is 18.4 Å². The Bertz CT molecular complexity index is 1830. The number of H-pyrrole nitrogens is 2. The standard InChI is InChI=1S/C32H29FN6O/c1-20-9-10-34-19-26(20)28-7-8-29-31(36-28)32(38-37-29)30-18-25-24(5-4-6-27(25)35-30)21-15-22(33)17-23(16-21)40-14-13-39-11-2-3-12-39/h4-10,15-19,35H,2-3,11-14H2,1H3,(H,37,38). The van der Waals surface area contributed by atoms with Gasteiger partial charge in [0.25, 0.3) is 0 Å². The molecule has 0 saturated carbocycles. The number of hydrogen-bond acceptors (Lipinski definition) is 5. The number of fused-ring (bicyclic) bond motifs is 2. The SMILES string of the molecule is Cc1ccncc1-c1ccc2[nH]nc(-c3cc4c(-c5cc(F)cc(OCCN6CCCC6)c5)cccc4[nH]3)c2n1. The maximum absolute atomic E-state index is 14.7. The fraction of sp³-hybridized carbons (Fsp3) is 0.219. The van der Waals surface area contributed by atoms with Crippen molar-refractivity contribution in [2.45, 2.75) is 19.8 Å². The summed E-state index contributed by atoms with van der Waals surface area (Å²) < 4.78 is 20.7. The van der Waals surface area contributed by atoms with E-state index < -0.39 is 0 Å². The Kier molecular flexibility index (Phi) is 6.24. The lowest BCUT2D eigenvalue weighted by Gasteiger charge is -2.15. The molecule has 7 nitrogen and oxygen atoms in total. The molecule has 1 aliphatic rings. The molecule has 2 aromatic carbocycles. The van der Waals surface area contributed by atoms with Gasteiger partial charge in [0.05, 0.1) is 16.9 Å². The van der Waals surface area contributed by atoms with Crippen LogP contribution in [0.2, 0.25) is 0 Å². The van der Waals surface area contributed by atoms with E-state index in [1.54, 1.807) is 12.3 Å². The van der Waals surface area contributed by atoms with Gasteiger partial charge < -0.3 is 9.72 Å². The monoisotopic (exact) mass is 532 g/mol. The number of pyridine rings is 2. The lowest BCUT2D eigenvalue weighted by atomic mass is 10.0. The van der Waals surface area contributed by atoms with Gasteiger partial charge in [0, 0.05) is 41.5 Å². The largest absolute Gasteiger partial charge is 0.492 e. The first-order valence-corrected chi connectivity index (χ1v) is 13.7. The number of nitrogens with one attached hydrogen (secondary N) is 2. The second kappa shape index (κ2) is 10.2. The van der Waals surface area contributed by atoms with E-state index in [-0.39, 0.29) is 5.82 Å². The molecule has 0 unspecified atom stereocenters. The summed E-state index contributed by atoms with van der Waals surface area (Å²) in [4.78, 5) is 15.1. The highest BCUT2D eigenvalue weighted by Crippen LogP contribution is 2.36. The van der Waals surface area contributed by atoms with Crippen molar-refractivity contribution in [3.8, 4) is 39.5 Å². The van der Waals surface area contributed by atoms with Crippen molar-refractivity contribution in [1.82, 2.24) is 30.0 Å².